The fourth-order valence-electron chi connectivity index (χ4n) is 20.3. The van der Waals surface area contributed by atoms with Crippen LogP contribution in [-0.4, -0.2) is 0 Å². The van der Waals surface area contributed by atoms with E-state index >= 15 is 0 Å². The van der Waals surface area contributed by atoms with Crippen molar-refractivity contribution in [2.75, 3.05) is 14.7 Å². The van der Waals surface area contributed by atoms with Crippen LogP contribution in [0, 0.1) is 0 Å². The van der Waals surface area contributed by atoms with Crippen LogP contribution >= 0.6 is 0 Å². The van der Waals surface area contributed by atoms with Gasteiger partial charge in [-0.05, 0) is 275 Å². The first kappa shape index (κ1) is 89.8. The molecule has 0 saturated carbocycles. The number of hydrogen-bond donors (Lipinski definition) is 0. The number of hydrogen-bond acceptors (Lipinski definition) is 3. The Morgan fingerprint density at radius 1 is 0.0966 bits per heavy atom. The molecule has 0 heterocycles. The highest BCUT2D eigenvalue weighted by molar-refractivity contribution is 6.13. The summed E-state index contributed by atoms with van der Waals surface area (Å²) < 4.78 is 0. The lowest BCUT2D eigenvalue weighted by atomic mass is 9.87. The summed E-state index contributed by atoms with van der Waals surface area (Å²) in [6.07, 6.45) is 0. The zero-order valence-electron chi connectivity index (χ0n) is 80.2. The number of benzene rings is 25. The second-order valence-corrected chi connectivity index (χ2v) is 36.6. The summed E-state index contributed by atoms with van der Waals surface area (Å²) in [5.41, 5.74) is 39.0. The minimum atomic E-state index is 1.10. The molecule has 25 aromatic rings. The number of rotatable bonds is 21. The van der Waals surface area contributed by atoms with Crippen molar-refractivity contribution in [1.82, 2.24) is 0 Å². The van der Waals surface area contributed by atoms with Gasteiger partial charge in [-0.2, -0.15) is 0 Å². The van der Waals surface area contributed by atoms with Crippen LogP contribution in [0.4, 0.5) is 51.2 Å². The van der Waals surface area contributed by atoms with E-state index in [0.29, 0.717) is 0 Å². The van der Waals surface area contributed by atoms with Crippen LogP contribution in [0.15, 0.2) is 613 Å². The Kier molecular flexibility index (Phi) is 26.0. The minimum absolute atomic E-state index is 1.10. The van der Waals surface area contributed by atoms with E-state index in [-0.39, 0.29) is 0 Å². The molecule has 0 fully saturated rings. The lowest BCUT2D eigenvalue weighted by Gasteiger charge is -2.29. The molecule has 0 aliphatic carbocycles. The quantitative estimate of drug-likeness (QED) is 0.0710. The molecule has 25 aromatic carbocycles. The van der Waals surface area contributed by atoms with Crippen LogP contribution in [0.2, 0.25) is 0 Å². The van der Waals surface area contributed by atoms with E-state index in [1.807, 2.05) is 0 Å². The molecule has 0 radical (unpaired) electrons. The molecule has 3 heteroatoms. The van der Waals surface area contributed by atoms with Crippen LogP contribution in [0.5, 0.6) is 0 Å². The topological polar surface area (TPSA) is 9.72 Å². The molecule has 25 rings (SSSR count). The minimum Gasteiger partial charge on any atom is -0.310 e. The summed E-state index contributed by atoms with van der Waals surface area (Å²) in [5.74, 6) is 0. The molecule has 0 N–H and O–H groups in total. The highest BCUT2D eigenvalue weighted by Crippen LogP contribution is 2.51. The molecular weight excluding hydrogens is 1750 g/mol. The molecule has 0 aromatic heterocycles. The number of anilines is 9. The van der Waals surface area contributed by atoms with Gasteiger partial charge in [-0.25, -0.2) is 0 Å². The third kappa shape index (κ3) is 19.5. The van der Waals surface area contributed by atoms with Crippen LogP contribution < -0.4 is 14.7 Å². The highest BCUT2D eigenvalue weighted by Gasteiger charge is 2.26. The molecule has 0 amide bonds. The van der Waals surface area contributed by atoms with Crippen LogP contribution in [0.25, 0.3) is 177 Å². The van der Waals surface area contributed by atoms with Gasteiger partial charge in [0.15, 0.2) is 0 Å². The normalized spacial score (nSPS) is 11.0. The average Bonchev–Trinajstić information content (AvgIpc) is 0.730. The molecule has 3 nitrogen and oxygen atoms in total. The van der Waals surface area contributed by atoms with Crippen molar-refractivity contribution in [1.29, 1.82) is 0 Å². The Morgan fingerprint density at radius 3 is 0.717 bits per heavy atom. The molecule has 0 aliphatic rings. The predicted octanol–water partition coefficient (Wildman–Crippen LogP) is 40.1. The van der Waals surface area contributed by atoms with Crippen molar-refractivity contribution < 1.29 is 0 Å². The maximum absolute atomic E-state index is 2.42. The van der Waals surface area contributed by atoms with Gasteiger partial charge in [-0.15, -0.1) is 0 Å². The van der Waals surface area contributed by atoms with E-state index in [0.717, 1.165) is 51.2 Å². The van der Waals surface area contributed by atoms with E-state index in [2.05, 4.69) is 627 Å². The Balaban J connectivity index is 0.000000121. The van der Waals surface area contributed by atoms with Gasteiger partial charge < -0.3 is 14.7 Å². The van der Waals surface area contributed by atoms with E-state index in [1.165, 1.54) is 177 Å². The maximum Gasteiger partial charge on any atom is 0.0546 e. The second kappa shape index (κ2) is 41.9. The van der Waals surface area contributed by atoms with Gasteiger partial charge in [-0.1, -0.05) is 504 Å². The van der Waals surface area contributed by atoms with Gasteiger partial charge in [0.1, 0.15) is 0 Å². The zero-order valence-corrected chi connectivity index (χ0v) is 80.2. The molecule has 0 saturated heterocycles. The summed E-state index contributed by atoms with van der Waals surface area (Å²) in [5, 5.41) is 9.76. The Labute approximate surface area is 849 Å². The second-order valence-electron chi connectivity index (χ2n) is 36.6. The van der Waals surface area contributed by atoms with Crippen molar-refractivity contribution in [3.8, 4) is 134 Å². The fourth-order valence-corrected chi connectivity index (χ4v) is 20.3. The Hall–Kier alpha value is -19.1. The first-order chi connectivity index (χ1) is 71.9. The van der Waals surface area contributed by atoms with E-state index < -0.39 is 0 Å². The van der Waals surface area contributed by atoms with Crippen molar-refractivity contribution in [3.63, 3.8) is 0 Å². The third-order valence-electron chi connectivity index (χ3n) is 27.6. The van der Waals surface area contributed by atoms with Crippen molar-refractivity contribution in [3.05, 3.63) is 613 Å². The summed E-state index contributed by atoms with van der Waals surface area (Å²) >= 11 is 0. The average molecular weight is 1850 g/mol. The Morgan fingerprint density at radius 2 is 0.338 bits per heavy atom. The zero-order chi connectivity index (χ0) is 96.8. The molecule has 0 atom stereocenters. The largest absolute Gasteiger partial charge is 0.310 e. The molecule has 0 unspecified atom stereocenters. The van der Waals surface area contributed by atoms with Gasteiger partial charge in [0.05, 0.1) is 11.4 Å². The molecular formula is C142H101N3. The molecule has 0 aliphatic heterocycles. The summed E-state index contributed by atoms with van der Waals surface area (Å²) in [6, 6.07) is 220. The van der Waals surface area contributed by atoms with Gasteiger partial charge in [0.25, 0.3) is 0 Å². The van der Waals surface area contributed by atoms with Crippen LogP contribution in [-0.2, 0) is 0 Å². The molecule has 684 valence electrons. The molecule has 145 heavy (non-hydrogen) atoms. The van der Waals surface area contributed by atoms with Crippen molar-refractivity contribution in [2.45, 2.75) is 0 Å². The monoisotopic (exact) mass is 1850 g/mol. The summed E-state index contributed by atoms with van der Waals surface area (Å²) in [6.45, 7) is 0. The number of fused-ring (bicyclic) bond motifs is 4. The van der Waals surface area contributed by atoms with Crippen molar-refractivity contribution in [2.24, 2.45) is 0 Å². The smallest absolute Gasteiger partial charge is 0.0546 e. The first-order valence-electron chi connectivity index (χ1n) is 49.7. The summed E-state index contributed by atoms with van der Waals surface area (Å²) in [4.78, 5) is 7.20. The van der Waals surface area contributed by atoms with Gasteiger partial charge >= 0.3 is 0 Å². The van der Waals surface area contributed by atoms with Gasteiger partial charge in [-0.3, -0.25) is 0 Å². The van der Waals surface area contributed by atoms with Gasteiger partial charge in [0.2, 0.25) is 0 Å². The molecule has 0 spiro atoms. The van der Waals surface area contributed by atoms with Crippen LogP contribution in [0.1, 0.15) is 0 Å². The van der Waals surface area contributed by atoms with E-state index in [4.69, 9.17) is 0 Å². The summed E-state index contributed by atoms with van der Waals surface area (Å²) in [7, 11) is 0. The fraction of sp³-hybridized carbons (Fsp3) is 0. The standard InChI is InChI=1S/C52H37N.C46H33N.C44H31N/c1-5-16-38(17-6-1)41-28-32-46(33-29-41)53(47-34-30-42(31-35-47)39-18-7-2-8-19-39)51-37-50(43-22-11-4-12-23-43)52(49-27-14-13-26-48(49)51)45-25-15-24-44(36-45)40-20-9-3-10-21-40;1-4-12-34(13-5-1)37-20-22-40(23-21-37)46-33-44(32-41-18-10-11-19-45(41)46)47(42-28-24-38(25-29-42)35-14-6-2-7-15-35)43-30-26-39(27-31-43)36-16-8-3-9-17-36;1-3-12-32(13-4-1)34-22-26-39(27-23-34)45(40-28-24-35(25-29-40)33-14-5-2-6-15-33)44-31-38(30-37-17-8-10-20-43(37)44)42-21-11-18-36-16-7-9-19-41(36)42/h1-37H;1-33H;1-31H. The predicted molar refractivity (Wildman–Crippen MR) is 619 cm³/mol. The maximum atomic E-state index is 2.42. The van der Waals surface area contributed by atoms with Crippen LogP contribution in [0.3, 0.4) is 0 Å². The lowest BCUT2D eigenvalue weighted by Crippen LogP contribution is -2.11. The number of nitrogens with zero attached hydrogens (tertiary/aromatic N) is 3. The van der Waals surface area contributed by atoms with E-state index in [1.54, 1.807) is 0 Å². The molecule has 0 bridgehead atoms. The van der Waals surface area contributed by atoms with E-state index in [9.17, 15) is 0 Å². The van der Waals surface area contributed by atoms with Gasteiger partial charge in [0, 0.05) is 50.6 Å². The SMILES string of the molecule is c1ccc(-c2ccc(-c3cc(N(c4ccc(-c5ccccc5)cc4)c4ccc(-c5ccccc5)cc4)cc4ccccc34)cc2)cc1.c1ccc(-c2ccc(N(c3ccc(-c4ccccc4)cc3)c3cc(-c4cccc5ccccc45)cc4ccccc34)cc2)cc1.c1ccc(-c2ccc(N(c3ccc(-c4ccccc4)cc3)c3cc(-c4ccccc4)c(-c4cccc(-c5ccccc5)c4)c4ccccc34)cc2)cc1. The van der Waals surface area contributed by atoms with Crippen molar-refractivity contribution >= 4 is 94.3 Å². The lowest BCUT2D eigenvalue weighted by molar-refractivity contribution is 1.29. The first-order valence-corrected chi connectivity index (χ1v) is 49.7. The highest BCUT2D eigenvalue weighted by atomic mass is 15.2. The Bertz CT molecular complexity index is 8470. The third-order valence-corrected chi connectivity index (χ3v) is 27.6.